The van der Waals surface area contributed by atoms with Gasteiger partial charge in [0.05, 0.1) is 0 Å². The Morgan fingerprint density at radius 2 is 2.33 bits per heavy atom. The first-order chi connectivity index (χ1) is 7.19. The van der Waals surface area contributed by atoms with Crippen molar-refractivity contribution in [2.45, 2.75) is 17.7 Å². The van der Waals surface area contributed by atoms with E-state index in [4.69, 9.17) is 0 Å². The second kappa shape index (κ2) is 4.94. The fraction of sp³-hybridized carbons (Fsp3) is 0.286. The van der Waals surface area contributed by atoms with Crippen molar-refractivity contribution in [2.75, 3.05) is 0 Å². The zero-order valence-electron chi connectivity index (χ0n) is 7.65. The van der Waals surface area contributed by atoms with Crippen LogP contribution in [0.1, 0.15) is 12.7 Å². The third-order valence-electron chi connectivity index (χ3n) is 1.54. The van der Waals surface area contributed by atoms with Crippen LogP contribution in [0.3, 0.4) is 0 Å². The van der Waals surface area contributed by atoms with Crippen molar-refractivity contribution >= 4 is 55.1 Å². The normalized spacial score (nSPS) is 10.9. The summed E-state index contributed by atoms with van der Waals surface area (Å²) < 4.78 is 4.45. The Hall–Kier alpha value is 0.0800. The third-order valence-corrected chi connectivity index (χ3v) is 5.49. The van der Waals surface area contributed by atoms with E-state index in [9.17, 15) is 0 Å². The lowest BCUT2D eigenvalue weighted by Crippen LogP contribution is -1.88. The van der Waals surface area contributed by atoms with E-state index in [1.165, 1.54) is 11.9 Å². The zero-order chi connectivity index (χ0) is 10.8. The van der Waals surface area contributed by atoms with Crippen molar-refractivity contribution in [1.29, 1.82) is 0 Å². The molecule has 0 atom stereocenters. The van der Waals surface area contributed by atoms with Crippen molar-refractivity contribution in [3.05, 3.63) is 20.5 Å². The Bertz CT molecular complexity index is 448. The number of halogens is 2. The quantitative estimate of drug-likeness (QED) is 0.831. The van der Waals surface area contributed by atoms with Crippen LogP contribution in [0.25, 0.3) is 0 Å². The maximum Gasteiger partial charge on any atom is 0.174 e. The molecule has 0 radical (unpaired) electrons. The fourth-order valence-electron chi connectivity index (χ4n) is 0.872. The molecule has 0 N–H and O–H groups in total. The summed E-state index contributed by atoms with van der Waals surface area (Å²) in [5.41, 5.74) is 0. The minimum Gasteiger partial charge on any atom is -0.220 e. The van der Waals surface area contributed by atoms with Crippen molar-refractivity contribution < 1.29 is 0 Å². The van der Waals surface area contributed by atoms with E-state index < -0.39 is 0 Å². The molecule has 2 heterocycles. The van der Waals surface area contributed by atoms with Crippen LogP contribution in [0.2, 0.25) is 0 Å². The maximum absolute atomic E-state index is 4.30. The Morgan fingerprint density at radius 1 is 1.53 bits per heavy atom. The van der Waals surface area contributed by atoms with Crippen molar-refractivity contribution in [3.63, 3.8) is 0 Å². The van der Waals surface area contributed by atoms with Crippen LogP contribution < -0.4 is 0 Å². The van der Waals surface area contributed by atoms with Crippen LogP contribution >= 0.6 is 55.1 Å². The molecule has 0 saturated carbocycles. The van der Waals surface area contributed by atoms with E-state index in [0.29, 0.717) is 0 Å². The van der Waals surface area contributed by atoms with Crippen LogP contribution in [-0.4, -0.2) is 19.2 Å². The summed E-state index contributed by atoms with van der Waals surface area (Å²) in [6.07, 6.45) is 2.55. The molecular weight excluding hydrogens is 364 g/mol. The number of aromatic nitrogens is 4. The van der Waals surface area contributed by atoms with Crippen LogP contribution in [0.4, 0.5) is 0 Å². The van der Waals surface area contributed by atoms with Gasteiger partial charge in [-0.15, -0.1) is 5.10 Å². The lowest BCUT2D eigenvalue weighted by Gasteiger charge is -1.92. The summed E-state index contributed by atoms with van der Waals surface area (Å²) in [7, 11) is 0. The standard InChI is InChI=1S/C7H6Br2N4S2/c1-2-4-10-3-13(12-4)15-7-11-5(8)6(9)14-7/h3H,2H2,1H3. The predicted molar refractivity (Wildman–Crippen MR) is 68.2 cm³/mol. The monoisotopic (exact) mass is 368 g/mol. The Labute approximate surface area is 112 Å². The van der Waals surface area contributed by atoms with Gasteiger partial charge in [0.2, 0.25) is 0 Å². The number of thiazole rings is 1. The lowest BCUT2D eigenvalue weighted by molar-refractivity contribution is 0.915. The zero-order valence-corrected chi connectivity index (χ0v) is 12.5. The first kappa shape index (κ1) is 11.6. The molecule has 2 aromatic heterocycles. The van der Waals surface area contributed by atoms with Gasteiger partial charge in [0.15, 0.2) is 10.2 Å². The third kappa shape index (κ3) is 2.80. The second-order valence-electron chi connectivity index (χ2n) is 2.55. The molecule has 0 aliphatic heterocycles. The molecule has 2 aromatic rings. The average molecular weight is 370 g/mol. The molecule has 80 valence electrons. The molecule has 4 nitrogen and oxygen atoms in total. The van der Waals surface area contributed by atoms with E-state index in [1.807, 2.05) is 6.92 Å². The molecule has 15 heavy (non-hydrogen) atoms. The molecule has 0 aliphatic carbocycles. The van der Waals surface area contributed by atoms with Crippen molar-refractivity contribution in [1.82, 2.24) is 19.2 Å². The lowest BCUT2D eigenvalue weighted by atomic mass is 10.5. The minimum absolute atomic E-state index is 0.825. The van der Waals surface area contributed by atoms with E-state index >= 15 is 0 Å². The van der Waals surface area contributed by atoms with Crippen LogP contribution in [0.5, 0.6) is 0 Å². The molecule has 8 heteroatoms. The maximum atomic E-state index is 4.30. The molecule has 0 aromatic carbocycles. The number of rotatable bonds is 3. The Morgan fingerprint density at radius 3 is 2.87 bits per heavy atom. The molecule has 0 saturated heterocycles. The summed E-state index contributed by atoms with van der Waals surface area (Å²) in [5.74, 6) is 0.845. The topological polar surface area (TPSA) is 43.6 Å². The molecule has 0 unspecified atom stereocenters. The summed E-state index contributed by atoms with van der Waals surface area (Å²) >= 11 is 9.75. The SMILES string of the molecule is CCc1ncn(Sc2nc(Br)c(Br)s2)n1. The fourth-order valence-corrected chi connectivity index (χ4v) is 3.97. The molecule has 0 amide bonds. The smallest absolute Gasteiger partial charge is 0.174 e. The molecule has 0 aliphatic rings. The number of aryl methyl sites for hydroxylation is 1. The van der Waals surface area contributed by atoms with E-state index in [0.717, 1.165) is 25.0 Å². The highest BCUT2D eigenvalue weighted by Gasteiger charge is 2.08. The first-order valence-corrected chi connectivity index (χ1v) is 7.27. The van der Waals surface area contributed by atoms with Crippen LogP contribution in [-0.2, 0) is 6.42 Å². The molecule has 2 rings (SSSR count). The minimum atomic E-state index is 0.825. The van der Waals surface area contributed by atoms with Gasteiger partial charge >= 0.3 is 0 Å². The van der Waals surface area contributed by atoms with Gasteiger partial charge in [-0.05, 0) is 31.9 Å². The molecule has 0 bridgehead atoms. The summed E-state index contributed by atoms with van der Waals surface area (Å²) in [5, 5.41) is 4.27. The number of nitrogens with zero attached hydrogens (tertiary/aromatic N) is 4. The van der Waals surface area contributed by atoms with Gasteiger partial charge in [0.1, 0.15) is 14.7 Å². The van der Waals surface area contributed by atoms with Gasteiger partial charge in [0.25, 0.3) is 0 Å². The number of hydrogen-bond acceptors (Lipinski definition) is 5. The van der Waals surface area contributed by atoms with Gasteiger partial charge < -0.3 is 0 Å². The Kier molecular flexibility index (Phi) is 3.81. The van der Waals surface area contributed by atoms with E-state index in [1.54, 1.807) is 21.8 Å². The van der Waals surface area contributed by atoms with Gasteiger partial charge in [-0.1, -0.05) is 18.3 Å². The summed E-state index contributed by atoms with van der Waals surface area (Å²) in [6, 6.07) is 0. The highest BCUT2D eigenvalue weighted by atomic mass is 79.9. The second-order valence-corrected chi connectivity index (χ2v) is 6.82. The van der Waals surface area contributed by atoms with Gasteiger partial charge in [-0.3, -0.25) is 0 Å². The van der Waals surface area contributed by atoms with Crippen molar-refractivity contribution in [3.8, 4) is 0 Å². The van der Waals surface area contributed by atoms with E-state index in [-0.39, 0.29) is 0 Å². The summed E-state index contributed by atoms with van der Waals surface area (Å²) in [6.45, 7) is 2.03. The average Bonchev–Trinajstić information content (AvgIpc) is 2.76. The van der Waals surface area contributed by atoms with Crippen LogP contribution in [0, 0.1) is 0 Å². The van der Waals surface area contributed by atoms with E-state index in [2.05, 4.69) is 46.9 Å². The van der Waals surface area contributed by atoms with Gasteiger partial charge in [-0.2, -0.15) is 4.09 Å². The predicted octanol–water partition coefficient (Wildman–Crippen LogP) is 3.38. The van der Waals surface area contributed by atoms with Gasteiger partial charge in [0, 0.05) is 18.4 Å². The molecular formula is C7H6Br2N4S2. The number of hydrogen-bond donors (Lipinski definition) is 0. The molecule has 0 fully saturated rings. The van der Waals surface area contributed by atoms with Crippen LogP contribution in [0.15, 0.2) is 19.1 Å². The summed E-state index contributed by atoms with van der Waals surface area (Å²) in [4.78, 5) is 8.45. The Balaban J connectivity index is 2.14. The highest BCUT2D eigenvalue weighted by molar-refractivity contribution is 9.13. The highest BCUT2D eigenvalue weighted by Crippen LogP contribution is 2.34. The first-order valence-electron chi connectivity index (χ1n) is 4.09. The molecule has 0 spiro atoms. The largest absolute Gasteiger partial charge is 0.220 e. The van der Waals surface area contributed by atoms with Gasteiger partial charge in [-0.25, -0.2) is 9.97 Å². The van der Waals surface area contributed by atoms with Crippen molar-refractivity contribution in [2.24, 2.45) is 0 Å².